The molecule has 0 saturated heterocycles. The summed E-state index contributed by atoms with van der Waals surface area (Å²) < 4.78 is 1.88. The Labute approximate surface area is 236 Å². The molecule has 1 aromatic heterocycles. The van der Waals surface area contributed by atoms with Crippen molar-refractivity contribution in [2.24, 2.45) is 11.8 Å². The van der Waals surface area contributed by atoms with Crippen molar-refractivity contribution in [2.45, 2.75) is 73.3 Å². The number of benzene rings is 1. The summed E-state index contributed by atoms with van der Waals surface area (Å²) in [4.78, 5) is 28.1. The van der Waals surface area contributed by atoms with E-state index in [9.17, 15) is 9.59 Å². The molecule has 2 aromatic rings. The fourth-order valence-electron chi connectivity index (χ4n) is 5.07. The van der Waals surface area contributed by atoms with E-state index in [4.69, 9.17) is 0 Å². The molecule has 212 valence electrons. The summed E-state index contributed by atoms with van der Waals surface area (Å²) in [7, 11) is 1.98. The number of nitrogens with zero attached hydrogens (tertiary/aromatic N) is 2. The Morgan fingerprint density at radius 1 is 1.10 bits per heavy atom. The molecule has 0 saturated carbocycles. The highest BCUT2D eigenvalue weighted by molar-refractivity contribution is 5.83. The summed E-state index contributed by atoms with van der Waals surface area (Å²) in [5.74, 6) is 0.103. The van der Waals surface area contributed by atoms with Crippen LogP contribution in [0.3, 0.4) is 0 Å². The van der Waals surface area contributed by atoms with Crippen molar-refractivity contribution in [3.05, 3.63) is 95.4 Å². The van der Waals surface area contributed by atoms with Gasteiger partial charge in [0, 0.05) is 36.9 Å². The van der Waals surface area contributed by atoms with Gasteiger partial charge in [0.15, 0.2) is 0 Å². The molecule has 0 spiro atoms. The van der Waals surface area contributed by atoms with Crippen LogP contribution in [0.25, 0.3) is 0 Å². The lowest BCUT2D eigenvalue weighted by atomic mass is 9.89. The predicted octanol–water partition coefficient (Wildman–Crippen LogP) is 6.57. The lowest BCUT2D eigenvalue weighted by molar-refractivity contribution is -0.133. The maximum Gasteiger partial charge on any atom is 0.235 e. The molecule has 2 unspecified atom stereocenters. The number of amides is 1. The second kappa shape index (κ2) is 16.0. The first-order chi connectivity index (χ1) is 18.7. The van der Waals surface area contributed by atoms with Crippen LogP contribution in [0, 0.1) is 18.8 Å². The summed E-state index contributed by atoms with van der Waals surface area (Å²) >= 11 is 0. The molecule has 5 nitrogen and oxygen atoms in total. The van der Waals surface area contributed by atoms with Crippen molar-refractivity contribution in [2.75, 3.05) is 20.1 Å². The summed E-state index contributed by atoms with van der Waals surface area (Å²) in [6, 6.07) is 10.0. The molecule has 0 bridgehead atoms. The van der Waals surface area contributed by atoms with Crippen molar-refractivity contribution in [1.82, 2.24) is 14.8 Å². The standard InChI is InChI=1S/C34H49N3O2/c1-9-16-32-27(7)30(24-37(32)33(38)22-28-17-14-13-15-18-28)23-31(35-8)29(21-25(5)10-2)20-19-26(6)34(39)36(11-3)12-4/h10,13-15,17-21,24,26,29,31,35H,2,9,11-12,16,22-23H2,1,3-8H3/b20-19?,25-21+/t26-,29?,31?/m0/s1. The lowest BCUT2D eigenvalue weighted by Crippen LogP contribution is -2.35. The van der Waals surface area contributed by atoms with Crippen LogP contribution in [-0.4, -0.2) is 47.5 Å². The molecule has 2 rings (SSSR count). The molecule has 0 aliphatic rings. The van der Waals surface area contributed by atoms with Crippen molar-refractivity contribution in [3.8, 4) is 0 Å². The van der Waals surface area contributed by atoms with E-state index < -0.39 is 0 Å². The van der Waals surface area contributed by atoms with Crippen LogP contribution in [0.5, 0.6) is 0 Å². The highest BCUT2D eigenvalue weighted by Gasteiger charge is 2.23. The van der Waals surface area contributed by atoms with Crippen molar-refractivity contribution >= 4 is 11.8 Å². The second-order valence-corrected chi connectivity index (χ2v) is 10.4. The summed E-state index contributed by atoms with van der Waals surface area (Å²) in [6.07, 6.45) is 13.3. The zero-order valence-corrected chi connectivity index (χ0v) is 25.2. The molecule has 1 heterocycles. The van der Waals surface area contributed by atoms with Crippen molar-refractivity contribution in [1.29, 1.82) is 0 Å². The van der Waals surface area contributed by atoms with Gasteiger partial charge in [0.1, 0.15) is 0 Å². The van der Waals surface area contributed by atoms with E-state index in [0.717, 1.165) is 36.1 Å². The maximum atomic E-state index is 13.4. The first kappa shape index (κ1) is 32.0. The quantitative estimate of drug-likeness (QED) is 0.209. The molecular formula is C34H49N3O2. The summed E-state index contributed by atoms with van der Waals surface area (Å²) in [6.45, 7) is 17.7. The number of nitrogens with one attached hydrogen (secondary N) is 1. The Kier molecular flexibility index (Phi) is 13.2. The number of hydrogen-bond acceptors (Lipinski definition) is 3. The number of aromatic nitrogens is 1. The Hall–Kier alpha value is -3.18. The summed E-state index contributed by atoms with van der Waals surface area (Å²) in [5.41, 5.74) is 5.58. The zero-order chi connectivity index (χ0) is 28.9. The van der Waals surface area contributed by atoms with E-state index in [1.807, 2.05) is 92.9 Å². The third kappa shape index (κ3) is 8.93. The van der Waals surface area contributed by atoms with E-state index >= 15 is 0 Å². The number of carbonyl (C=O) groups is 2. The Morgan fingerprint density at radius 3 is 2.33 bits per heavy atom. The molecule has 0 fully saturated rings. The monoisotopic (exact) mass is 531 g/mol. The van der Waals surface area contributed by atoms with Gasteiger partial charge in [-0.2, -0.15) is 0 Å². The van der Waals surface area contributed by atoms with Crippen LogP contribution in [-0.2, 0) is 24.1 Å². The van der Waals surface area contributed by atoms with Gasteiger partial charge in [-0.25, -0.2) is 0 Å². The minimum atomic E-state index is -0.197. The minimum absolute atomic E-state index is 0.0531. The van der Waals surface area contributed by atoms with Gasteiger partial charge in [0.05, 0.1) is 12.3 Å². The van der Waals surface area contributed by atoms with Crippen molar-refractivity contribution in [3.63, 3.8) is 0 Å². The number of rotatable bonds is 15. The molecule has 1 N–H and O–H groups in total. The molecule has 1 aromatic carbocycles. The zero-order valence-electron chi connectivity index (χ0n) is 25.2. The number of carbonyl (C=O) groups excluding carboxylic acids is 2. The van der Waals surface area contributed by atoms with Crippen LogP contribution >= 0.6 is 0 Å². The van der Waals surface area contributed by atoms with Gasteiger partial charge < -0.3 is 10.2 Å². The number of hydrogen-bond donors (Lipinski definition) is 1. The lowest BCUT2D eigenvalue weighted by Gasteiger charge is -2.24. The molecule has 3 atom stereocenters. The van der Waals surface area contributed by atoms with Crippen LogP contribution in [0.1, 0.15) is 68.2 Å². The average molecular weight is 532 g/mol. The van der Waals surface area contributed by atoms with Gasteiger partial charge in [-0.05, 0) is 64.3 Å². The first-order valence-electron chi connectivity index (χ1n) is 14.4. The van der Waals surface area contributed by atoms with Crippen LogP contribution in [0.15, 0.2) is 73.0 Å². The van der Waals surface area contributed by atoms with Gasteiger partial charge in [0.25, 0.3) is 0 Å². The summed E-state index contributed by atoms with van der Waals surface area (Å²) in [5, 5.41) is 3.52. The molecular weight excluding hydrogens is 482 g/mol. The molecule has 0 radical (unpaired) electrons. The van der Waals surface area contributed by atoms with Gasteiger partial charge in [-0.3, -0.25) is 14.2 Å². The highest BCUT2D eigenvalue weighted by atomic mass is 16.2. The second-order valence-electron chi connectivity index (χ2n) is 10.4. The van der Waals surface area contributed by atoms with Gasteiger partial charge in [-0.15, -0.1) is 0 Å². The number of likely N-dealkylation sites (N-methyl/N-ethyl adjacent to an activating group) is 1. The Balaban J connectivity index is 2.38. The van der Waals surface area contributed by atoms with E-state index in [2.05, 4.69) is 37.9 Å². The largest absolute Gasteiger partial charge is 0.343 e. The van der Waals surface area contributed by atoms with E-state index in [-0.39, 0.29) is 29.7 Å². The van der Waals surface area contributed by atoms with E-state index in [1.54, 1.807) is 0 Å². The third-order valence-electron chi connectivity index (χ3n) is 7.58. The third-order valence-corrected chi connectivity index (χ3v) is 7.58. The maximum absolute atomic E-state index is 13.4. The van der Waals surface area contributed by atoms with E-state index in [1.165, 1.54) is 11.1 Å². The van der Waals surface area contributed by atoms with E-state index in [0.29, 0.717) is 19.5 Å². The predicted molar refractivity (Wildman–Crippen MR) is 164 cm³/mol. The molecule has 39 heavy (non-hydrogen) atoms. The molecule has 0 aliphatic carbocycles. The first-order valence-corrected chi connectivity index (χ1v) is 14.4. The van der Waals surface area contributed by atoms with Crippen LogP contribution < -0.4 is 5.32 Å². The van der Waals surface area contributed by atoms with Crippen LogP contribution in [0.2, 0.25) is 0 Å². The molecule has 5 heteroatoms. The smallest absolute Gasteiger partial charge is 0.235 e. The minimum Gasteiger partial charge on any atom is -0.343 e. The molecule has 0 aliphatic heterocycles. The van der Waals surface area contributed by atoms with Gasteiger partial charge in [0.2, 0.25) is 11.8 Å². The molecule has 1 amide bonds. The Bertz CT molecular complexity index is 1140. The van der Waals surface area contributed by atoms with Gasteiger partial charge in [-0.1, -0.05) is 87.1 Å². The van der Waals surface area contributed by atoms with Crippen molar-refractivity contribution < 1.29 is 9.59 Å². The van der Waals surface area contributed by atoms with Gasteiger partial charge >= 0.3 is 0 Å². The topological polar surface area (TPSA) is 54.3 Å². The Morgan fingerprint density at radius 2 is 1.77 bits per heavy atom. The SMILES string of the molecule is C=C/C(C)=C/C(C=C[C@H](C)C(=O)N(CC)CC)C(Cc1cn(C(=O)Cc2ccccc2)c(CCC)c1C)NC. The average Bonchev–Trinajstić information content (AvgIpc) is 3.25. The number of allylic oxidation sites excluding steroid dienone is 2. The normalized spacial score (nSPS) is 14.3. The highest BCUT2D eigenvalue weighted by Crippen LogP contribution is 2.24. The van der Waals surface area contributed by atoms with Crippen LogP contribution in [0.4, 0.5) is 0 Å². The fourth-order valence-corrected chi connectivity index (χ4v) is 5.07. The fraction of sp³-hybridized carbons (Fsp3) is 0.471.